The Balaban J connectivity index is 2.18. The first kappa shape index (κ1) is 12.4. The van der Waals surface area contributed by atoms with Crippen LogP contribution in [0.15, 0.2) is 24.3 Å². The number of nitrogens with zero attached hydrogens (tertiary/aromatic N) is 1. The summed E-state index contributed by atoms with van der Waals surface area (Å²) in [6.07, 6.45) is 0.642. The molecule has 0 saturated carbocycles. The third kappa shape index (κ3) is 3.01. The molecule has 0 spiro atoms. The number of hydrogen-bond acceptors (Lipinski definition) is 2. The van der Waals surface area contributed by atoms with Crippen LogP contribution in [0, 0.1) is 0 Å². The maximum atomic E-state index is 5.77. The van der Waals surface area contributed by atoms with Gasteiger partial charge in [0, 0.05) is 18.8 Å². The molecule has 1 aliphatic heterocycles. The van der Waals surface area contributed by atoms with Crippen LogP contribution in [0.5, 0.6) is 0 Å². The summed E-state index contributed by atoms with van der Waals surface area (Å²) >= 11 is 0. The molecule has 1 aliphatic rings. The van der Waals surface area contributed by atoms with Crippen LogP contribution in [0.3, 0.4) is 0 Å². The molecular weight excluding hydrogens is 210 g/mol. The number of hydrogen-bond donors (Lipinski definition) is 0. The predicted molar refractivity (Wildman–Crippen MR) is 72.8 cm³/mol. The third-order valence-corrected chi connectivity index (χ3v) is 3.32. The molecule has 0 N–H and O–H groups in total. The molecule has 1 heterocycles. The summed E-state index contributed by atoms with van der Waals surface area (Å²) in [4.78, 5) is 2.44. The molecule has 0 aromatic heterocycles. The highest BCUT2D eigenvalue weighted by atomic mass is 16.5. The largest absolute Gasteiger partial charge is 0.372 e. The fourth-order valence-corrected chi connectivity index (χ4v) is 2.47. The number of anilines is 1. The van der Waals surface area contributed by atoms with E-state index in [1.165, 1.54) is 11.3 Å². The van der Waals surface area contributed by atoms with Crippen molar-refractivity contribution >= 4 is 5.69 Å². The smallest absolute Gasteiger partial charge is 0.0726 e. The molecule has 1 saturated heterocycles. The van der Waals surface area contributed by atoms with Crippen molar-refractivity contribution in [3.63, 3.8) is 0 Å². The Labute approximate surface area is 105 Å². The highest BCUT2D eigenvalue weighted by molar-refractivity contribution is 5.49. The molecule has 1 aromatic rings. The highest BCUT2D eigenvalue weighted by Gasteiger charge is 2.22. The van der Waals surface area contributed by atoms with Crippen molar-refractivity contribution in [2.45, 2.75) is 45.8 Å². The Bertz CT molecular complexity index is 365. The zero-order chi connectivity index (χ0) is 12.4. The van der Waals surface area contributed by atoms with Crippen LogP contribution in [-0.2, 0) is 4.74 Å². The zero-order valence-corrected chi connectivity index (χ0v) is 11.3. The second-order valence-electron chi connectivity index (χ2n) is 5.41. The van der Waals surface area contributed by atoms with Crippen LogP contribution in [0.4, 0.5) is 5.69 Å². The summed E-state index contributed by atoms with van der Waals surface area (Å²) in [6.45, 7) is 10.8. The molecule has 0 radical (unpaired) electrons. The van der Waals surface area contributed by atoms with Crippen molar-refractivity contribution in [1.29, 1.82) is 0 Å². The number of ether oxygens (including phenoxy) is 1. The normalized spacial score (nSPS) is 25.4. The minimum Gasteiger partial charge on any atom is -0.372 e. The average molecular weight is 233 g/mol. The molecule has 1 unspecified atom stereocenters. The standard InChI is InChI=1S/C15H23NO/c1-11(2)14-6-5-7-15(8-14)16-9-12(3)17-13(4)10-16/h5-8,11-13H,9-10H2,1-4H3/t12-,13?/m1/s1. The lowest BCUT2D eigenvalue weighted by atomic mass is 10.0. The van der Waals surface area contributed by atoms with Gasteiger partial charge in [-0.1, -0.05) is 26.0 Å². The van der Waals surface area contributed by atoms with Crippen LogP contribution < -0.4 is 4.90 Å². The summed E-state index contributed by atoms with van der Waals surface area (Å²) in [5, 5.41) is 0. The van der Waals surface area contributed by atoms with Crippen molar-refractivity contribution in [1.82, 2.24) is 0 Å². The summed E-state index contributed by atoms with van der Waals surface area (Å²) in [7, 11) is 0. The van der Waals surface area contributed by atoms with Gasteiger partial charge in [-0.25, -0.2) is 0 Å². The Morgan fingerprint density at radius 3 is 2.41 bits per heavy atom. The molecule has 2 heteroatoms. The Kier molecular flexibility index (Phi) is 3.72. The van der Waals surface area contributed by atoms with Crippen molar-refractivity contribution < 1.29 is 4.74 Å². The molecule has 1 fully saturated rings. The Morgan fingerprint density at radius 2 is 1.82 bits per heavy atom. The zero-order valence-electron chi connectivity index (χ0n) is 11.3. The van der Waals surface area contributed by atoms with Gasteiger partial charge >= 0.3 is 0 Å². The average Bonchev–Trinajstić information content (AvgIpc) is 2.28. The van der Waals surface area contributed by atoms with Crippen LogP contribution in [0.25, 0.3) is 0 Å². The van der Waals surface area contributed by atoms with Crippen LogP contribution in [0.2, 0.25) is 0 Å². The molecule has 0 aliphatic carbocycles. The van der Waals surface area contributed by atoms with E-state index in [9.17, 15) is 0 Å². The summed E-state index contributed by atoms with van der Waals surface area (Å²) in [5.74, 6) is 0.589. The van der Waals surface area contributed by atoms with Gasteiger partial charge < -0.3 is 9.64 Å². The minimum absolute atomic E-state index is 0.321. The van der Waals surface area contributed by atoms with E-state index in [0.29, 0.717) is 18.1 Å². The van der Waals surface area contributed by atoms with Crippen molar-refractivity contribution in [3.8, 4) is 0 Å². The molecular formula is C15H23NO. The first-order valence-electron chi connectivity index (χ1n) is 6.56. The van der Waals surface area contributed by atoms with E-state index >= 15 is 0 Å². The number of rotatable bonds is 2. The molecule has 0 amide bonds. The van der Waals surface area contributed by atoms with Gasteiger partial charge in [0.1, 0.15) is 0 Å². The maximum Gasteiger partial charge on any atom is 0.0726 e. The van der Waals surface area contributed by atoms with E-state index in [1.54, 1.807) is 0 Å². The van der Waals surface area contributed by atoms with E-state index < -0.39 is 0 Å². The van der Waals surface area contributed by atoms with Gasteiger partial charge in [-0.2, -0.15) is 0 Å². The molecule has 0 bridgehead atoms. The van der Waals surface area contributed by atoms with Crippen LogP contribution in [-0.4, -0.2) is 25.3 Å². The second kappa shape index (κ2) is 5.09. The van der Waals surface area contributed by atoms with E-state index in [4.69, 9.17) is 4.74 Å². The summed E-state index contributed by atoms with van der Waals surface area (Å²) in [6, 6.07) is 8.89. The fourth-order valence-electron chi connectivity index (χ4n) is 2.47. The molecule has 17 heavy (non-hydrogen) atoms. The van der Waals surface area contributed by atoms with E-state index in [-0.39, 0.29) is 0 Å². The number of morpholine rings is 1. The van der Waals surface area contributed by atoms with E-state index in [1.807, 2.05) is 0 Å². The Morgan fingerprint density at radius 1 is 1.18 bits per heavy atom. The van der Waals surface area contributed by atoms with Gasteiger partial charge in [-0.15, -0.1) is 0 Å². The van der Waals surface area contributed by atoms with Crippen LogP contribution in [0.1, 0.15) is 39.2 Å². The third-order valence-electron chi connectivity index (χ3n) is 3.32. The first-order chi connectivity index (χ1) is 8.06. The van der Waals surface area contributed by atoms with Gasteiger partial charge in [0.2, 0.25) is 0 Å². The van der Waals surface area contributed by atoms with Gasteiger partial charge in [0.25, 0.3) is 0 Å². The highest BCUT2D eigenvalue weighted by Crippen LogP contribution is 2.24. The van der Waals surface area contributed by atoms with Crippen molar-refractivity contribution in [2.75, 3.05) is 18.0 Å². The van der Waals surface area contributed by atoms with E-state index in [2.05, 4.69) is 56.9 Å². The second-order valence-corrected chi connectivity index (χ2v) is 5.41. The lowest BCUT2D eigenvalue weighted by Crippen LogP contribution is -2.45. The van der Waals surface area contributed by atoms with Crippen LogP contribution >= 0.6 is 0 Å². The topological polar surface area (TPSA) is 12.5 Å². The molecule has 2 nitrogen and oxygen atoms in total. The SMILES string of the molecule is CC1CN(c2cccc(C(C)C)c2)C[C@@H](C)O1. The molecule has 2 atom stereocenters. The number of benzene rings is 1. The Hall–Kier alpha value is -1.02. The fraction of sp³-hybridized carbons (Fsp3) is 0.600. The lowest BCUT2D eigenvalue weighted by Gasteiger charge is -2.37. The quantitative estimate of drug-likeness (QED) is 0.776. The molecule has 2 rings (SSSR count). The van der Waals surface area contributed by atoms with Gasteiger partial charge in [0.15, 0.2) is 0 Å². The monoisotopic (exact) mass is 233 g/mol. The van der Waals surface area contributed by atoms with Gasteiger partial charge in [-0.3, -0.25) is 0 Å². The molecule has 94 valence electrons. The lowest BCUT2D eigenvalue weighted by molar-refractivity contribution is -0.00522. The van der Waals surface area contributed by atoms with Gasteiger partial charge in [0.05, 0.1) is 12.2 Å². The van der Waals surface area contributed by atoms with Gasteiger partial charge in [-0.05, 0) is 37.5 Å². The van der Waals surface area contributed by atoms with Crippen molar-refractivity contribution in [2.24, 2.45) is 0 Å². The van der Waals surface area contributed by atoms with E-state index in [0.717, 1.165) is 13.1 Å². The summed E-state index contributed by atoms with van der Waals surface area (Å²) < 4.78 is 5.77. The minimum atomic E-state index is 0.321. The maximum absolute atomic E-state index is 5.77. The summed E-state index contributed by atoms with van der Waals surface area (Å²) in [5.41, 5.74) is 2.74. The predicted octanol–water partition coefficient (Wildman–Crippen LogP) is 3.42. The first-order valence-corrected chi connectivity index (χ1v) is 6.56. The molecule has 1 aromatic carbocycles. The van der Waals surface area contributed by atoms with Crippen molar-refractivity contribution in [3.05, 3.63) is 29.8 Å².